The van der Waals surface area contributed by atoms with Crippen LogP contribution in [0.4, 0.5) is 0 Å². The standard InChI is InChI=1S/C10H21N2O2.Y/c1-3-7-13-9-10(11-14-4-2)8-12-5-6-12;/h10H,3-9H2,1-2H3;/q-1;. The van der Waals surface area contributed by atoms with E-state index in [-0.39, 0.29) is 38.8 Å². The second-order valence-electron chi connectivity index (χ2n) is 3.55. The maximum absolute atomic E-state index is 5.47. The van der Waals surface area contributed by atoms with E-state index in [1.165, 1.54) is 13.1 Å². The fourth-order valence-corrected chi connectivity index (χ4v) is 1.21. The van der Waals surface area contributed by atoms with Crippen molar-refractivity contribution in [3.8, 4) is 0 Å². The number of hydroxylamine groups is 1. The van der Waals surface area contributed by atoms with Gasteiger partial charge in [0, 0.05) is 65.6 Å². The molecule has 4 nitrogen and oxygen atoms in total. The van der Waals surface area contributed by atoms with Gasteiger partial charge >= 0.3 is 0 Å². The summed E-state index contributed by atoms with van der Waals surface area (Å²) in [5, 5.41) is 0. The van der Waals surface area contributed by atoms with E-state index in [1.807, 2.05) is 6.92 Å². The molecule has 0 N–H and O–H groups in total. The molecule has 0 aromatic rings. The van der Waals surface area contributed by atoms with Gasteiger partial charge in [-0.25, -0.2) is 0 Å². The Bertz CT molecular complexity index is 145. The Kier molecular flexibility index (Phi) is 10.8. The molecule has 15 heavy (non-hydrogen) atoms. The minimum atomic E-state index is 0. The van der Waals surface area contributed by atoms with E-state index < -0.39 is 0 Å². The quantitative estimate of drug-likeness (QED) is 0.366. The molecular formula is C10H21N2O2Y-. The van der Waals surface area contributed by atoms with Crippen LogP contribution < -0.4 is 0 Å². The van der Waals surface area contributed by atoms with Crippen molar-refractivity contribution in [2.75, 3.05) is 39.5 Å². The molecule has 1 rings (SSSR count). The first-order chi connectivity index (χ1) is 6.86. The molecule has 5 heteroatoms. The molecule has 0 aromatic carbocycles. The van der Waals surface area contributed by atoms with Crippen LogP contribution in [-0.4, -0.2) is 50.4 Å². The van der Waals surface area contributed by atoms with Crippen LogP contribution in [0.25, 0.3) is 5.48 Å². The van der Waals surface area contributed by atoms with Crippen molar-refractivity contribution >= 4 is 0 Å². The van der Waals surface area contributed by atoms with E-state index in [0.717, 1.165) is 19.6 Å². The van der Waals surface area contributed by atoms with Crippen molar-refractivity contribution in [3.05, 3.63) is 5.48 Å². The number of nitrogens with zero attached hydrogens (tertiary/aromatic N) is 2. The summed E-state index contributed by atoms with van der Waals surface area (Å²) in [4.78, 5) is 7.41. The van der Waals surface area contributed by atoms with Gasteiger partial charge in [-0.2, -0.15) is 0 Å². The molecule has 0 saturated carbocycles. The molecule has 1 aliphatic rings. The van der Waals surface area contributed by atoms with Crippen LogP contribution >= 0.6 is 0 Å². The molecule has 1 atom stereocenters. The molecular weight excluding hydrogens is 269 g/mol. The Morgan fingerprint density at radius 1 is 1.33 bits per heavy atom. The molecule has 87 valence electrons. The molecule has 0 spiro atoms. The first kappa shape index (κ1) is 15.9. The van der Waals surface area contributed by atoms with Gasteiger partial charge in [-0.1, -0.05) is 13.0 Å². The summed E-state index contributed by atoms with van der Waals surface area (Å²) in [6.07, 6.45) is 1.06. The fourth-order valence-electron chi connectivity index (χ4n) is 1.21. The number of rotatable bonds is 9. The van der Waals surface area contributed by atoms with Gasteiger partial charge in [0.05, 0.1) is 0 Å². The number of hydrogen-bond donors (Lipinski definition) is 0. The van der Waals surface area contributed by atoms with E-state index in [2.05, 4.69) is 17.3 Å². The Balaban J connectivity index is 0.00000196. The van der Waals surface area contributed by atoms with Gasteiger partial charge in [0.2, 0.25) is 0 Å². The Hall–Kier alpha value is 0.944. The van der Waals surface area contributed by atoms with Crippen molar-refractivity contribution in [1.82, 2.24) is 4.90 Å². The van der Waals surface area contributed by atoms with E-state index in [1.54, 1.807) is 0 Å². The third-order valence-electron chi connectivity index (χ3n) is 2.02. The summed E-state index contributed by atoms with van der Waals surface area (Å²) >= 11 is 0. The molecule has 1 heterocycles. The van der Waals surface area contributed by atoms with Gasteiger partial charge in [-0.3, -0.25) is 0 Å². The molecule has 0 amide bonds. The van der Waals surface area contributed by atoms with Crippen LogP contribution in [0.2, 0.25) is 0 Å². The third-order valence-corrected chi connectivity index (χ3v) is 2.02. The Morgan fingerprint density at radius 3 is 2.60 bits per heavy atom. The van der Waals surface area contributed by atoms with E-state index in [4.69, 9.17) is 9.57 Å². The second-order valence-corrected chi connectivity index (χ2v) is 3.55. The minimum Gasteiger partial charge on any atom is -0.529 e. The molecule has 0 aliphatic carbocycles. The third kappa shape index (κ3) is 8.72. The molecule has 0 bridgehead atoms. The normalized spacial score (nSPS) is 17.2. The summed E-state index contributed by atoms with van der Waals surface area (Å²) < 4.78 is 5.47. The Labute approximate surface area is 118 Å². The van der Waals surface area contributed by atoms with Gasteiger partial charge in [0.1, 0.15) is 0 Å². The predicted octanol–water partition coefficient (Wildman–Crippen LogP) is 1.42. The van der Waals surface area contributed by atoms with Crippen molar-refractivity contribution in [1.29, 1.82) is 0 Å². The van der Waals surface area contributed by atoms with Crippen LogP contribution in [0.15, 0.2) is 0 Å². The van der Waals surface area contributed by atoms with E-state index in [9.17, 15) is 0 Å². The molecule has 1 fully saturated rings. The SMILES string of the molecule is CCCOCC(CN1CC1)[N-]OCC.[Y]. The van der Waals surface area contributed by atoms with Crippen LogP contribution in [0.1, 0.15) is 20.3 Å². The van der Waals surface area contributed by atoms with Gasteiger partial charge < -0.3 is 20.0 Å². The second kappa shape index (κ2) is 10.1. The molecule has 1 saturated heterocycles. The van der Waals surface area contributed by atoms with Crippen molar-refractivity contribution in [3.63, 3.8) is 0 Å². The van der Waals surface area contributed by atoms with Gasteiger partial charge in [0.15, 0.2) is 0 Å². The average molecular weight is 290 g/mol. The predicted molar refractivity (Wildman–Crippen MR) is 56.3 cm³/mol. The maximum Gasteiger partial charge on any atom is 0.0462 e. The smallest absolute Gasteiger partial charge is 0.0462 e. The summed E-state index contributed by atoms with van der Waals surface area (Å²) in [5.74, 6) is 0. The van der Waals surface area contributed by atoms with Gasteiger partial charge in [-0.15, -0.1) is 0 Å². The Morgan fingerprint density at radius 2 is 2.07 bits per heavy atom. The number of hydrogen-bond acceptors (Lipinski definition) is 3. The molecule has 0 aromatic heterocycles. The minimum absolute atomic E-state index is 0. The van der Waals surface area contributed by atoms with Gasteiger partial charge in [0.25, 0.3) is 0 Å². The molecule has 1 aliphatic heterocycles. The zero-order valence-corrected chi connectivity index (χ0v) is 12.7. The van der Waals surface area contributed by atoms with Crippen LogP contribution in [-0.2, 0) is 42.3 Å². The largest absolute Gasteiger partial charge is 0.529 e. The van der Waals surface area contributed by atoms with Crippen LogP contribution in [0.5, 0.6) is 0 Å². The summed E-state index contributed by atoms with van der Waals surface area (Å²) in [6, 6.07) is 0.184. The topological polar surface area (TPSA) is 35.6 Å². The monoisotopic (exact) mass is 290 g/mol. The van der Waals surface area contributed by atoms with Crippen LogP contribution in [0, 0.1) is 0 Å². The first-order valence-electron chi connectivity index (χ1n) is 5.49. The summed E-state index contributed by atoms with van der Waals surface area (Å²) in [5.41, 5.74) is 4.13. The van der Waals surface area contributed by atoms with Crippen LogP contribution in [0.3, 0.4) is 0 Å². The summed E-state index contributed by atoms with van der Waals surface area (Å²) in [7, 11) is 0. The van der Waals surface area contributed by atoms with E-state index >= 15 is 0 Å². The molecule has 1 unspecified atom stereocenters. The van der Waals surface area contributed by atoms with Crippen molar-refractivity contribution < 1.29 is 42.3 Å². The van der Waals surface area contributed by atoms with Crippen molar-refractivity contribution in [2.24, 2.45) is 0 Å². The fraction of sp³-hybridized carbons (Fsp3) is 1.00. The maximum atomic E-state index is 5.47. The van der Waals surface area contributed by atoms with Gasteiger partial charge in [-0.05, 0) is 19.9 Å². The zero-order valence-electron chi connectivity index (χ0n) is 9.82. The number of ether oxygens (including phenoxy) is 1. The summed E-state index contributed by atoms with van der Waals surface area (Å²) in [6.45, 7) is 9.58. The van der Waals surface area contributed by atoms with E-state index in [0.29, 0.717) is 13.2 Å². The zero-order chi connectivity index (χ0) is 10.2. The van der Waals surface area contributed by atoms with Crippen molar-refractivity contribution in [2.45, 2.75) is 26.3 Å². The molecule has 1 radical (unpaired) electrons. The average Bonchev–Trinajstić information content (AvgIpc) is 2.98. The first-order valence-corrected chi connectivity index (χ1v) is 5.49.